The molecule has 2 rings (SSSR count). The highest BCUT2D eigenvalue weighted by atomic mass is 32.2. The second kappa shape index (κ2) is 12.9. The van der Waals surface area contributed by atoms with Gasteiger partial charge in [-0.3, -0.25) is 19.7 Å². The molecule has 1 aliphatic carbocycles. The van der Waals surface area contributed by atoms with E-state index in [1.54, 1.807) is 13.8 Å². The van der Waals surface area contributed by atoms with Crippen molar-refractivity contribution < 1.29 is 28.7 Å². The number of benzene rings is 1. The van der Waals surface area contributed by atoms with E-state index in [4.69, 9.17) is 14.2 Å². The Hall–Kier alpha value is -2.13. The molecule has 0 heterocycles. The van der Waals surface area contributed by atoms with Crippen LogP contribution in [0.4, 0.5) is 0 Å². The minimum atomic E-state index is -1.30. The van der Waals surface area contributed by atoms with E-state index in [2.05, 4.69) is 0 Å². The number of ether oxygens (including phenoxy) is 3. The Morgan fingerprint density at radius 3 is 2.15 bits per heavy atom. The third-order valence-corrected chi connectivity index (χ3v) is 7.37. The van der Waals surface area contributed by atoms with Gasteiger partial charge in [0, 0.05) is 16.2 Å². The van der Waals surface area contributed by atoms with Crippen LogP contribution in [0, 0.1) is 28.9 Å². The molecule has 1 aromatic carbocycles. The number of esters is 2. The highest BCUT2D eigenvalue weighted by Crippen LogP contribution is 2.44. The topological polar surface area (TPSA) is 105 Å². The van der Waals surface area contributed by atoms with Crippen LogP contribution in [0.1, 0.15) is 52.5 Å². The lowest BCUT2D eigenvalue weighted by atomic mass is 9.75. The van der Waals surface area contributed by atoms with Gasteiger partial charge < -0.3 is 14.2 Å². The Morgan fingerprint density at radius 2 is 1.64 bits per heavy atom. The number of nitro groups is 1. The van der Waals surface area contributed by atoms with Crippen molar-refractivity contribution in [3.63, 3.8) is 0 Å². The Morgan fingerprint density at radius 1 is 1.06 bits per heavy atom. The average molecular weight is 482 g/mol. The van der Waals surface area contributed by atoms with Gasteiger partial charge in [0.05, 0.1) is 36.6 Å². The SMILES string of the molecule is CCOC(=O)[C@H]1[C@H](OC(CC)CC)[C@H](Sc2ccc(C)cc2)[C@H](C(=O)OCC)C[C@@H]1[N+](=O)[O-]. The van der Waals surface area contributed by atoms with Crippen LogP contribution in [-0.2, 0) is 23.8 Å². The fraction of sp³-hybridized carbons (Fsp3) is 0.667. The highest BCUT2D eigenvalue weighted by Gasteiger charge is 2.57. The van der Waals surface area contributed by atoms with E-state index in [1.807, 2.05) is 45.0 Å². The molecule has 1 aromatic rings. The molecule has 0 saturated heterocycles. The summed E-state index contributed by atoms with van der Waals surface area (Å²) in [6.45, 7) is 9.55. The molecule has 0 radical (unpaired) electrons. The molecule has 0 unspecified atom stereocenters. The maximum Gasteiger partial charge on any atom is 0.318 e. The van der Waals surface area contributed by atoms with E-state index in [0.717, 1.165) is 10.5 Å². The molecule has 184 valence electrons. The Kier molecular flexibility index (Phi) is 10.6. The zero-order valence-electron chi connectivity index (χ0n) is 20.0. The number of hydrogen-bond acceptors (Lipinski definition) is 8. The first kappa shape index (κ1) is 27.1. The van der Waals surface area contributed by atoms with E-state index in [-0.39, 0.29) is 25.7 Å². The molecule has 1 fully saturated rings. The number of hydrogen-bond donors (Lipinski definition) is 0. The number of thioether (sulfide) groups is 1. The molecule has 1 aliphatic rings. The van der Waals surface area contributed by atoms with Gasteiger partial charge in [0.1, 0.15) is 0 Å². The second-order valence-corrected chi connectivity index (χ2v) is 9.41. The molecule has 0 bridgehead atoms. The third-order valence-electron chi connectivity index (χ3n) is 5.96. The molecule has 9 heteroatoms. The molecule has 0 N–H and O–H groups in total. The first-order chi connectivity index (χ1) is 15.8. The summed E-state index contributed by atoms with van der Waals surface area (Å²) in [5.41, 5.74) is 1.09. The molecular weight excluding hydrogens is 446 g/mol. The van der Waals surface area contributed by atoms with Gasteiger partial charge in [0.2, 0.25) is 6.04 Å². The summed E-state index contributed by atoms with van der Waals surface area (Å²) in [6.07, 6.45) is 0.164. The zero-order chi connectivity index (χ0) is 24.5. The van der Waals surface area contributed by atoms with Crippen molar-refractivity contribution in [2.24, 2.45) is 11.8 Å². The minimum Gasteiger partial charge on any atom is -0.466 e. The maximum absolute atomic E-state index is 13.0. The van der Waals surface area contributed by atoms with Gasteiger partial charge in [-0.15, -0.1) is 11.8 Å². The number of carbonyl (C=O) groups is 2. The Balaban J connectivity index is 2.58. The van der Waals surface area contributed by atoms with Crippen LogP contribution in [0.15, 0.2) is 29.2 Å². The summed E-state index contributed by atoms with van der Waals surface area (Å²) < 4.78 is 16.9. The fourth-order valence-corrected chi connectivity index (χ4v) is 5.57. The minimum absolute atomic E-state index is 0.106. The first-order valence-corrected chi connectivity index (χ1v) is 12.5. The molecule has 5 atom stereocenters. The summed E-state index contributed by atoms with van der Waals surface area (Å²) in [7, 11) is 0. The van der Waals surface area contributed by atoms with Crippen LogP contribution in [0.3, 0.4) is 0 Å². The van der Waals surface area contributed by atoms with Crippen molar-refractivity contribution in [1.29, 1.82) is 0 Å². The van der Waals surface area contributed by atoms with E-state index >= 15 is 0 Å². The predicted octanol–water partition coefficient (Wildman–Crippen LogP) is 4.44. The second-order valence-electron chi connectivity index (χ2n) is 8.16. The summed E-state index contributed by atoms with van der Waals surface area (Å²) >= 11 is 1.40. The molecule has 0 aromatic heterocycles. The van der Waals surface area contributed by atoms with Crippen LogP contribution >= 0.6 is 11.8 Å². The smallest absolute Gasteiger partial charge is 0.318 e. The monoisotopic (exact) mass is 481 g/mol. The number of carbonyl (C=O) groups excluding carboxylic acids is 2. The quantitative estimate of drug-likeness (QED) is 0.260. The first-order valence-electron chi connectivity index (χ1n) is 11.6. The van der Waals surface area contributed by atoms with Gasteiger partial charge in [0.15, 0.2) is 5.92 Å². The van der Waals surface area contributed by atoms with E-state index in [1.165, 1.54) is 11.8 Å². The van der Waals surface area contributed by atoms with Crippen molar-refractivity contribution in [3.05, 3.63) is 39.9 Å². The maximum atomic E-state index is 13.0. The lowest BCUT2D eigenvalue weighted by Crippen LogP contribution is -2.58. The van der Waals surface area contributed by atoms with Gasteiger partial charge in [-0.1, -0.05) is 31.5 Å². The van der Waals surface area contributed by atoms with E-state index in [9.17, 15) is 19.7 Å². The zero-order valence-corrected chi connectivity index (χ0v) is 20.8. The number of rotatable bonds is 11. The normalized spacial score (nSPS) is 25.0. The lowest BCUT2D eigenvalue weighted by molar-refractivity contribution is -0.537. The van der Waals surface area contributed by atoms with Crippen LogP contribution in [0.5, 0.6) is 0 Å². The van der Waals surface area contributed by atoms with Crippen LogP contribution < -0.4 is 0 Å². The summed E-state index contributed by atoms with van der Waals surface area (Å²) in [6, 6.07) is 6.51. The van der Waals surface area contributed by atoms with E-state index < -0.39 is 46.1 Å². The summed E-state index contributed by atoms with van der Waals surface area (Å²) in [5, 5.41) is 11.5. The molecule has 1 saturated carbocycles. The highest BCUT2D eigenvalue weighted by molar-refractivity contribution is 8.00. The Bertz CT molecular complexity index is 797. The van der Waals surface area contributed by atoms with Crippen LogP contribution in [-0.4, -0.2) is 53.6 Å². The van der Waals surface area contributed by atoms with Crippen molar-refractivity contribution >= 4 is 23.7 Å². The van der Waals surface area contributed by atoms with Crippen molar-refractivity contribution in [2.45, 2.75) is 82.3 Å². The van der Waals surface area contributed by atoms with Crippen LogP contribution in [0.25, 0.3) is 0 Å². The number of aryl methyl sites for hydroxylation is 1. The molecular formula is C24H35NO7S. The van der Waals surface area contributed by atoms with E-state index in [0.29, 0.717) is 12.8 Å². The molecule has 33 heavy (non-hydrogen) atoms. The fourth-order valence-electron chi connectivity index (χ4n) is 4.21. The molecule has 8 nitrogen and oxygen atoms in total. The number of nitrogens with zero attached hydrogens (tertiary/aromatic N) is 1. The van der Waals surface area contributed by atoms with Gasteiger partial charge in [0.25, 0.3) is 0 Å². The third kappa shape index (κ3) is 6.93. The molecule has 0 aliphatic heterocycles. The van der Waals surface area contributed by atoms with Gasteiger partial charge in [-0.2, -0.15) is 0 Å². The van der Waals surface area contributed by atoms with Crippen molar-refractivity contribution in [2.75, 3.05) is 13.2 Å². The predicted molar refractivity (Wildman–Crippen MR) is 126 cm³/mol. The summed E-state index contributed by atoms with van der Waals surface area (Å²) in [5.74, 6) is -3.08. The van der Waals surface area contributed by atoms with Gasteiger partial charge >= 0.3 is 11.9 Å². The largest absolute Gasteiger partial charge is 0.466 e. The van der Waals surface area contributed by atoms with Gasteiger partial charge in [-0.05, 0) is 45.7 Å². The molecule has 0 amide bonds. The average Bonchev–Trinajstić information content (AvgIpc) is 2.79. The summed E-state index contributed by atoms with van der Waals surface area (Å²) in [4.78, 5) is 38.4. The van der Waals surface area contributed by atoms with Crippen molar-refractivity contribution in [3.8, 4) is 0 Å². The molecule has 0 spiro atoms. The lowest BCUT2D eigenvalue weighted by Gasteiger charge is -2.42. The van der Waals surface area contributed by atoms with Crippen LogP contribution in [0.2, 0.25) is 0 Å². The van der Waals surface area contributed by atoms with Gasteiger partial charge in [-0.25, -0.2) is 0 Å². The van der Waals surface area contributed by atoms with Crippen molar-refractivity contribution in [1.82, 2.24) is 0 Å². The standard InChI is InChI=1S/C24H35NO7S/c1-6-16(7-2)32-21-20(24(27)31-9-4)19(25(28)29)14-18(23(26)30-8-3)22(21)33-17-12-10-15(5)11-13-17/h10-13,16,18-22H,6-9,14H2,1-5H3/t18-,19+,20-,21+,22-/m1/s1. The Labute approximate surface area is 199 Å².